The zero-order valence-corrected chi connectivity index (χ0v) is 9.66. The van der Waals surface area contributed by atoms with E-state index in [0.29, 0.717) is 6.42 Å². The van der Waals surface area contributed by atoms with Crippen LogP contribution in [0.25, 0.3) is 0 Å². The average molecular weight is 217 g/mol. The molecule has 0 aliphatic heterocycles. The molecule has 0 aromatic carbocycles. The minimum Gasteiger partial charge on any atom is -0.467 e. The van der Waals surface area contributed by atoms with Crippen molar-refractivity contribution in [3.8, 4) is 0 Å². The zero-order valence-electron chi connectivity index (χ0n) is 9.66. The molecule has 2 N–H and O–H groups in total. The van der Waals surface area contributed by atoms with E-state index in [1.54, 1.807) is 0 Å². The van der Waals surface area contributed by atoms with Gasteiger partial charge in [-0.25, -0.2) is 4.79 Å². The van der Waals surface area contributed by atoms with Crippen molar-refractivity contribution in [2.75, 3.05) is 13.7 Å². The lowest BCUT2D eigenvalue weighted by Crippen LogP contribution is -2.44. The molecule has 5 nitrogen and oxygen atoms in total. The molecule has 88 valence electrons. The standard InChI is InChI=1S/C10H19NO4/c1-10(2,3)5-8(13)11-7(6-12)9(14)15-4/h7,12H,5-6H2,1-4H3,(H,11,13). The first-order valence-electron chi connectivity index (χ1n) is 4.78. The van der Waals surface area contributed by atoms with Gasteiger partial charge in [0.25, 0.3) is 0 Å². The van der Waals surface area contributed by atoms with Crippen molar-refractivity contribution in [3.05, 3.63) is 0 Å². The summed E-state index contributed by atoms with van der Waals surface area (Å²) in [6.07, 6.45) is 0.292. The van der Waals surface area contributed by atoms with Crippen molar-refractivity contribution in [2.24, 2.45) is 5.41 Å². The van der Waals surface area contributed by atoms with Crippen LogP contribution in [0, 0.1) is 5.41 Å². The van der Waals surface area contributed by atoms with Crippen LogP contribution >= 0.6 is 0 Å². The van der Waals surface area contributed by atoms with Gasteiger partial charge >= 0.3 is 5.97 Å². The van der Waals surface area contributed by atoms with E-state index in [-0.39, 0.29) is 11.3 Å². The summed E-state index contributed by atoms with van der Waals surface area (Å²) in [6.45, 7) is 5.29. The van der Waals surface area contributed by atoms with Crippen molar-refractivity contribution in [1.82, 2.24) is 5.32 Å². The maximum absolute atomic E-state index is 11.4. The van der Waals surface area contributed by atoms with Gasteiger partial charge in [0, 0.05) is 6.42 Å². The molecule has 1 atom stereocenters. The van der Waals surface area contributed by atoms with E-state index in [9.17, 15) is 9.59 Å². The van der Waals surface area contributed by atoms with E-state index in [2.05, 4.69) is 10.1 Å². The van der Waals surface area contributed by atoms with E-state index in [0.717, 1.165) is 0 Å². The number of nitrogens with one attached hydrogen (secondary N) is 1. The third kappa shape index (κ3) is 6.06. The number of aliphatic hydroxyl groups excluding tert-OH is 1. The molecule has 5 heteroatoms. The number of hydrogen-bond acceptors (Lipinski definition) is 4. The van der Waals surface area contributed by atoms with E-state index in [1.807, 2.05) is 20.8 Å². The van der Waals surface area contributed by atoms with Gasteiger partial charge in [0.2, 0.25) is 5.91 Å². The van der Waals surface area contributed by atoms with Gasteiger partial charge in [-0.15, -0.1) is 0 Å². The van der Waals surface area contributed by atoms with Gasteiger partial charge < -0.3 is 15.2 Å². The van der Waals surface area contributed by atoms with Crippen LogP contribution < -0.4 is 5.32 Å². The molecule has 0 radical (unpaired) electrons. The molecule has 0 aromatic heterocycles. The molecule has 0 fully saturated rings. The topological polar surface area (TPSA) is 75.6 Å². The third-order valence-electron chi connectivity index (χ3n) is 1.69. The Bertz CT molecular complexity index is 232. The maximum atomic E-state index is 11.4. The summed E-state index contributed by atoms with van der Waals surface area (Å²) in [5, 5.41) is 11.3. The molecule has 0 aliphatic carbocycles. The summed E-state index contributed by atoms with van der Waals surface area (Å²) in [5.74, 6) is -0.910. The van der Waals surface area contributed by atoms with Gasteiger partial charge in [-0.2, -0.15) is 0 Å². The smallest absolute Gasteiger partial charge is 0.330 e. The SMILES string of the molecule is COC(=O)C(CO)NC(=O)CC(C)(C)C. The number of rotatable bonds is 4. The van der Waals surface area contributed by atoms with E-state index in [1.165, 1.54) is 7.11 Å². The van der Waals surface area contributed by atoms with Crippen LogP contribution in [0.3, 0.4) is 0 Å². The summed E-state index contributed by atoms with van der Waals surface area (Å²) >= 11 is 0. The monoisotopic (exact) mass is 217 g/mol. The van der Waals surface area contributed by atoms with Crippen LogP contribution in [0.2, 0.25) is 0 Å². The van der Waals surface area contributed by atoms with Crippen LogP contribution in [-0.4, -0.2) is 36.7 Å². The number of carbonyl (C=O) groups excluding carboxylic acids is 2. The van der Waals surface area contributed by atoms with Crippen LogP contribution in [0.5, 0.6) is 0 Å². The summed E-state index contributed by atoms with van der Waals surface area (Å²) < 4.78 is 4.42. The number of methoxy groups -OCH3 is 1. The molecule has 0 rings (SSSR count). The van der Waals surface area contributed by atoms with Gasteiger partial charge in [0.1, 0.15) is 0 Å². The number of carbonyl (C=O) groups is 2. The van der Waals surface area contributed by atoms with Crippen LogP contribution in [0.15, 0.2) is 0 Å². The van der Waals surface area contributed by atoms with Crippen LogP contribution in [-0.2, 0) is 14.3 Å². The fourth-order valence-electron chi connectivity index (χ4n) is 1.05. The molecule has 0 bridgehead atoms. The third-order valence-corrected chi connectivity index (χ3v) is 1.69. The van der Waals surface area contributed by atoms with E-state index in [4.69, 9.17) is 5.11 Å². The summed E-state index contributed by atoms with van der Waals surface area (Å²) in [4.78, 5) is 22.5. The van der Waals surface area contributed by atoms with Gasteiger partial charge in [-0.3, -0.25) is 4.79 Å². The van der Waals surface area contributed by atoms with Gasteiger partial charge in [-0.1, -0.05) is 20.8 Å². The molecule has 1 amide bonds. The summed E-state index contributed by atoms with van der Waals surface area (Å²) in [6, 6.07) is -0.968. The Labute approximate surface area is 89.8 Å². The van der Waals surface area contributed by atoms with Crippen molar-refractivity contribution < 1.29 is 19.4 Å². The predicted molar refractivity (Wildman–Crippen MR) is 55.1 cm³/mol. The number of amides is 1. The highest BCUT2D eigenvalue weighted by molar-refractivity contribution is 5.84. The second-order valence-electron chi connectivity index (χ2n) is 4.56. The molecule has 15 heavy (non-hydrogen) atoms. The molecule has 0 heterocycles. The fourth-order valence-corrected chi connectivity index (χ4v) is 1.05. The Kier molecular flexibility index (Phi) is 5.28. The van der Waals surface area contributed by atoms with Gasteiger partial charge in [0.05, 0.1) is 13.7 Å². The largest absolute Gasteiger partial charge is 0.467 e. The Hall–Kier alpha value is -1.10. The zero-order chi connectivity index (χ0) is 12.1. The first-order valence-corrected chi connectivity index (χ1v) is 4.78. The fraction of sp³-hybridized carbons (Fsp3) is 0.800. The van der Waals surface area contributed by atoms with Gasteiger partial charge in [-0.05, 0) is 5.41 Å². The predicted octanol–water partition coefficient (Wildman–Crippen LogP) is 0.0727. The maximum Gasteiger partial charge on any atom is 0.330 e. The molecule has 0 saturated carbocycles. The highest BCUT2D eigenvalue weighted by Crippen LogP contribution is 2.17. The average Bonchev–Trinajstić information content (AvgIpc) is 2.10. The molecular weight excluding hydrogens is 198 g/mol. The quantitative estimate of drug-likeness (QED) is 0.653. The Morgan fingerprint density at radius 2 is 1.93 bits per heavy atom. The first-order chi connectivity index (χ1) is 6.80. The van der Waals surface area contributed by atoms with Crippen LogP contribution in [0.1, 0.15) is 27.2 Å². The normalized spacial score (nSPS) is 13.1. The molecular formula is C10H19NO4. The van der Waals surface area contributed by atoms with E-state index >= 15 is 0 Å². The van der Waals surface area contributed by atoms with Crippen molar-refractivity contribution in [2.45, 2.75) is 33.2 Å². The Balaban J connectivity index is 4.20. The summed E-state index contributed by atoms with van der Waals surface area (Å²) in [7, 11) is 1.21. The number of aliphatic hydroxyl groups is 1. The molecule has 0 aromatic rings. The molecule has 0 aliphatic rings. The molecule has 1 unspecified atom stereocenters. The van der Waals surface area contributed by atoms with Crippen molar-refractivity contribution in [3.63, 3.8) is 0 Å². The molecule has 0 spiro atoms. The minimum atomic E-state index is -0.968. The lowest BCUT2D eigenvalue weighted by molar-refractivity contribution is -0.146. The lowest BCUT2D eigenvalue weighted by Gasteiger charge is -2.19. The second kappa shape index (κ2) is 5.70. The van der Waals surface area contributed by atoms with Crippen molar-refractivity contribution in [1.29, 1.82) is 0 Å². The molecule has 0 saturated heterocycles. The van der Waals surface area contributed by atoms with Gasteiger partial charge in [0.15, 0.2) is 6.04 Å². The number of hydrogen-bond donors (Lipinski definition) is 2. The number of esters is 1. The number of ether oxygens (including phenoxy) is 1. The highest BCUT2D eigenvalue weighted by atomic mass is 16.5. The minimum absolute atomic E-state index is 0.153. The Morgan fingerprint density at radius 3 is 2.27 bits per heavy atom. The highest BCUT2D eigenvalue weighted by Gasteiger charge is 2.23. The first kappa shape index (κ1) is 13.9. The lowest BCUT2D eigenvalue weighted by atomic mass is 9.92. The summed E-state index contributed by atoms with van der Waals surface area (Å²) in [5.41, 5.74) is -0.153. The van der Waals surface area contributed by atoms with Crippen LogP contribution in [0.4, 0.5) is 0 Å². The second-order valence-corrected chi connectivity index (χ2v) is 4.56. The van der Waals surface area contributed by atoms with Crippen molar-refractivity contribution >= 4 is 11.9 Å². The van der Waals surface area contributed by atoms with E-state index < -0.39 is 18.6 Å². The Morgan fingerprint density at radius 1 is 1.40 bits per heavy atom.